The Hall–Kier alpha value is -2.82. The second-order valence-corrected chi connectivity index (χ2v) is 6.73. The first-order chi connectivity index (χ1) is 13.2. The summed E-state index contributed by atoms with van der Waals surface area (Å²) in [5.41, 5.74) is 2.07. The number of nitrogens with zero attached hydrogens (tertiary/aromatic N) is 1. The molecular weight excluding hydrogens is 340 g/mol. The standard InChI is InChI=1S/C22H26N2O3/c1-2-3-4-15-27-20-12-10-17(11-13-20)22(26)23-18-7-5-8-19(16-18)24-14-6-9-21(24)25/h5,7-8,10-13,16H,2-4,6,9,14-15H2,1H3,(H,23,26). The van der Waals surface area contributed by atoms with Crippen molar-refractivity contribution in [3.63, 3.8) is 0 Å². The molecule has 0 atom stereocenters. The predicted molar refractivity (Wildman–Crippen MR) is 107 cm³/mol. The molecule has 0 saturated carbocycles. The van der Waals surface area contributed by atoms with Gasteiger partial charge in [-0.15, -0.1) is 0 Å². The number of carbonyl (C=O) groups excluding carboxylic acids is 2. The summed E-state index contributed by atoms with van der Waals surface area (Å²) in [6.07, 6.45) is 4.82. The average Bonchev–Trinajstić information content (AvgIpc) is 3.12. The summed E-state index contributed by atoms with van der Waals surface area (Å²) in [5.74, 6) is 0.725. The third kappa shape index (κ3) is 5.09. The molecule has 1 aliphatic rings. The lowest BCUT2D eigenvalue weighted by Crippen LogP contribution is -2.23. The van der Waals surface area contributed by atoms with Crippen LogP contribution in [0.1, 0.15) is 49.4 Å². The van der Waals surface area contributed by atoms with E-state index in [0.717, 1.165) is 43.7 Å². The van der Waals surface area contributed by atoms with E-state index < -0.39 is 0 Å². The van der Waals surface area contributed by atoms with Gasteiger partial charge >= 0.3 is 0 Å². The SMILES string of the molecule is CCCCCOc1ccc(C(=O)Nc2cccc(N3CCCC3=O)c2)cc1. The highest BCUT2D eigenvalue weighted by Crippen LogP contribution is 2.24. The number of hydrogen-bond donors (Lipinski definition) is 1. The van der Waals surface area contributed by atoms with E-state index in [9.17, 15) is 9.59 Å². The van der Waals surface area contributed by atoms with Gasteiger partial charge in [-0.3, -0.25) is 9.59 Å². The van der Waals surface area contributed by atoms with Crippen LogP contribution in [0.4, 0.5) is 11.4 Å². The van der Waals surface area contributed by atoms with E-state index in [1.54, 1.807) is 17.0 Å². The van der Waals surface area contributed by atoms with Crippen molar-refractivity contribution in [2.45, 2.75) is 39.0 Å². The molecule has 1 heterocycles. The molecule has 0 aliphatic carbocycles. The van der Waals surface area contributed by atoms with E-state index in [-0.39, 0.29) is 11.8 Å². The lowest BCUT2D eigenvalue weighted by atomic mass is 10.2. The smallest absolute Gasteiger partial charge is 0.255 e. The molecule has 1 fully saturated rings. The molecule has 2 amide bonds. The molecule has 0 aromatic heterocycles. The summed E-state index contributed by atoms with van der Waals surface area (Å²) in [7, 11) is 0. The van der Waals surface area contributed by atoms with Crippen molar-refractivity contribution in [1.29, 1.82) is 0 Å². The van der Waals surface area contributed by atoms with Crippen LogP contribution >= 0.6 is 0 Å². The lowest BCUT2D eigenvalue weighted by molar-refractivity contribution is -0.117. The molecule has 0 radical (unpaired) electrons. The minimum absolute atomic E-state index is 0.132. The van der Waals surface area contributed by atoms with Crippen molar-refractivity contribution in [3.05, 3.63) is 54.1 Å². The van der Waals surface area contributed by atoms with Crippen LogP contribution in [-0.2, 0) is 4.79 Å². The van der Waals surface area contributed by atoms with E-state index >= 15 is 0 Å². The van der Waals surface area contributed by atoms with E-state index in [1.807, 2.05) is 36.4 Å². The van der Waals surface area contributed by atoms with Crippen LogP contribution in [-0.4, -0.2) is 25.0 Å². The Bertz CT molecular complexity index is 786. The van der Waals surface area contributed by atoms with Gasteiger partial charge in [0.1, 0.15) is 5.75 Å². The molecule has 1 saturated heterocycles. The summed E-state index contributed by atoms with van der Waals surface area (Å²) in [4.78, 5) is 26.2. The zero-order chi connectivity index (χ0) is 19.1. The maximum absolute atomic E-state index is 12.5. The maximum Gasteiger partial charge on any atom is 0.255 e. The van der Waals surface area contributed by atoms with Crippen LogP contribution in [0.5, 0.6) is 5.75 Å². The highest BCUT2D eigenvalue weighted by molar-refractivity contribution is 6.05. The van der Waals surface area contributed by atoms with Gasteiger partial charge < -0.3 is 15.0 Å². The zero-order valence-electron chi connectivity index (χ0n) is 15.7. The number of unbranched alkanes of at least 4 members (excludes halogenated alkanes) is 2. The molecule has 1 N–H and O–H groups in total. The van der Waals surface area contributed by atoms with Gasteiger partial charge in [0.2, 0.25) is 5.91 Å². The van der Waals surface area contributed by atoms with E-state index in [4.69, 9.17) is 4.74 Å². The van der Waals surface area contributed by atoms with Gasteiger partial charge in [0, 0.05) is 29.9 Å². The second-order valence-electron chi connectivity index (χ2n) is 6.73. The minimum Gasteiger partial charge on any atom is -0.494 e. The normalized spacial score (nSPS) is 13.7. The van der Waals surface area contributed by atoms with Gasteiger partial charge in [0.05, 0.1) is 6.61 Å². The number of anilines is 2. The molecule has 2 aromatic rings. The summed E-state index contributed by atoms with van der Waals surface area (Å²) >= 11 is 0. The Morgan fingerprint density at radius 2 is 1.96 bits per heavy atom. The van der Waals surface area contributed by atoms with Crippen LogP contribution in [0.15, 0.2) is 48.5 Å². The van der Waals surface area contributed by atoms with Gasteiger partial charge in [-0.05, 0) is 55.3 Å². The molecule has 2 aromatic carbocycles. The number of nitrogens with one attached hydrogen (secondary N) is 1. The van der Waals surface area contributed by atoms with Crippen molar-refractivity contribution >= 4 is 23.2 Å². The summed E-state index contributed by atoms with van der Waals surface area (Å²) in [6, 6.07) is 14.6. The summed E-state index contributed by atoms with van der Waals surface area (Å²) in [6.45, 7) is 3.59. The fourth-order valence-electron chi connectivity index (χ4n) is 3.12. The zero-order valence-corrected chi connectivity index (χ0v) is 15.7. The first-order valence-electron chi connectivity index (χ1n) is 9.62. The van der Waals surface area contributed by atoms with Crippen molar-refractivity contribution < 1.29 is 14.3 Å². The van der Waals surface area contributed by atoms with Crippen molar-refractivity contribution in [1.82, 2.24) is 0 Å². The Morgan fingerprint density at radius 3 is 2.67 bits per heavy atom. The topological polar surface area (TPSA) is 58.6 Å². The number of amides is 2. The van der Waals surface area contributed by atoms with Crippen LogP contribution in [0, 0.1) is 0 Å². The number of hydrogen-bond acceptors (Lipinski definition) is 3. The fourth-order valence-corrected chi connectivity index (χ4v) is 3.12. The van der Waals surface area contributed by atoms with E-state index in [0.29, 0.717) is 24.3 Å². The predicted octanol–water partition coefficient (Wildman–Crippen LogP) is 4.63. The minimum atomic E-state index is -0.183. The summed E-state index contributed by atoms with van der Waals surface area (Å²) < 4.78 is 5.67. The molecular formula is C22H26N2O3. The third-order valence-corrected chi connectivity index (χ3v) is 4.62. The van der Waals surface area contributed by atoms with Crippen molar-refractivity contribution in [2.24, 2.45) is 0 Å². The van der Waals surface area contributed by atoms with Crippen LogP contribution in [0.3, 0.4) is 0 Å². The molecule has 0 unspecified atom stereocenters. The molecule has 0 spiro atoms. The molecule has 5 heteroatoms. The number of rotatable bonds is 8. The molecule has 1 aliphatic heterocycles. The van der Waals surface area contributed by atoms with Crippen molar-refractivity contribution in [2.75, 3.05) is 23.4 Å². The van der Waals surface area contributed by atoms with Gasteiger partial charge in [-0.2, -0.15) is 0 Å². The van der Waals surface area contributed by atoms with Crippen LogP contribution < -0.4 is 15.0 Å². The number of ether oxygens (including phenoxy) is 1. The summed E-state index contributed by atoms with van der Waals surface area (Å²) in [5, 5.41) is 2.90. The Kier molecular flexibility index (Phi) is 6.47. The number of carbonyl (C=O) groups is 2. The molecule has 0 bridgehead atoms. The van der Waals surface area contributed by atoms with Crippen molar-refractivity contribution in [3.8, 4) is 5.75 Å². The highest BCUT2D eigenvalue weighted by atomic mass is 16.5. The fraction of sp³-hybridized carbons (Fsp3) is 0.364. The van der Waals surface area contributed by atoms with Gasteiger partial charge in [-0.1, -0.05) is 25.8 Å². The largest absolute Gasteiger partial charge is 0.494 e. The first-order valence-corrected chi connectivity index (χ1v) is 9.62. The van der Waals surface area contributed by atoms with E-state index in [1.165, 1.54) is 0 Å². The van der Waals surface area contributed by atoms with Crippen LogP contribution in [0.2, 0.25) is 0 Å². The molecule has 5 nitrogen and oxygen atoms in total. The second kappa shape index (κ2) is 9.21. The maximum atomic E-state index is 12.5. The van der Waals surface area contributed by atoms with Gasteiger partial charge in [0.15, 0.2) is 0 Å². The van der Waals surface area contributed by atoms with Gasteiger partial charge in [0.25, 0.3) is 5.91 Å². The molecule has 3 rings (SSSR count). The Balaban J connectivity index is 1.59. The van der Waals surface area contributed by atoms with Crippen LogP contribution in [0.25, 0.3) is 0 Å². The number of benzene rings is 2. The molecule has 27 heavy (non-hydrogen) atoms. The highest BCUT2D eigenvalue weighted by Gasteiger charge is 2.21. The van der Waals surface area contributed by atoms with Gasteiger partial charge in [-0.25, -0.2) is 0 Å². The Morgan fingerprint density at radius 1 is 1.15 bits per heavy atom. The third-order valence-electron chi connectivity index (χ3n) is 4.62. The van der Waals surface area contributed by atoms with E-state index in [2.05, 4.69) is 12.2 Å². The quantitative estimate of drug-likeness (QED) is 0.693. The first kappa shape index (κ1) is 19.0. The molecule has 142 valence electrons. The Labute approximate surface area is 160 Å². The lowest BCUT2D eigenvalue weighted by Gasteiger charge is -2.16. The monoisotopic (exact) mass is 366 g/mol. The average molecular weight is 366 g/mol.